The van der Waals surface area contributed by atoms with Gasteiger partial charge in [-0.15, -0.1) is 0 Å². The van der Waals surface area contributed by atoms with Gasteiger partial charge in [0.15, 0.2) is 5.82 Å². The molecule has 3 rings (SSSR count). The molecule has 2 heterocycles. The minimum Gasteiger partial charge on any atom is -0.325 e. The fourth-order valence-electron chi connectivity index (χ4n) is 2.24. The van der Waals surface area contributed by atoms with E-state index in [0.29, 0.717) is 28.9 Å². The van der Waals surface area contributed by atoms with E-state index in [1.807, 2.05) is 6.92 Å². The smallest absolute Gasteiger partial charge is 0.252 e. The van der Waals surface area contributed by atoms with Crippen molar-refractivity contribution in [2.75, 3.05) is 10.6 Å². The topological polar surface area (TPSA) is 88.9 Å². The number of carbonyl (C=O) groups is 2. The molecule has 114 valence electrons. The first-order chi connectivity index (χ1) is 10.6. The average Bonchev–Trinajstić information content (AvgIpc) is 3.00. The van der Waals surface area contributed by atoms with E-state index in [4.69, 9.17) is 11.6 Å². The van der Waals surface area contributed by atoms with Gasteiger partial charge in [0.2, 0.25) is 11.9 Å². The van der Waals surface area contributed by atoms with Crippen molar-refractivity contribution in [1.29, 1.82) is 0 Å². The molecule has 22 heavy (non-hydrogen) atoms. The number of aryl methyl sites for hydroxylation is 1. The first-order valence-electron chi connectivity index (χ1n) is 6.89. The van der Waals surface area contributed by atoms with Gasteiger partial charge in [-0.1, -0.05) is 30.7 Å². The van der Waals surface area contributed by atoms with Crippen LogP contribution in [0, 0.1) is 0 Å². The molecule has 0 saturated heterocycles. The van der Waals surface area contributed by atoms with Crippen molar-refractivity contribution < 1.29 is 9.59 Å². The van der Waals surface area contributed by atoms with Gasteiger partial charge in [-0.3, -0.25) is 14.9 Å². The molecule has 0 saturated carbocycles. The maximum atomic E-state index is 12.1. The highest BCUT2D eigenvalue weighted by Crippen LogP contribution is 2.26. The highest BCUT2D eigenvalue weighted by Gasteiger charge is 2.34. The zero-order chi connectivity index (χ0) is 15.7. The Balaban J connectivity index is 1.73. The lowest BCUT2D eigenvalue weighted by molar-refractivity contribution is -0.123. The van der Waals surface area contributed by atoms with Crippen molar-refractivity contribution in [3.63, 3.8) is 0 Å². The molecule has 2 amide bonds. The minimum absolute atomic E-state index is 0.0312. The van der Waals surface area contributed by atoms with Crippen molar-refractivity contribution in [1.82, 2.24) is 14.8 Å². The van der Waals surface area contributed by atoms with E-state index in [2.05, 4.69) is 20.7 Å². The summed E-state index contributed by atoms with van der Waals surface area (Å²) in [4.78, 5) is 28.3. The first-order valence-corrected chi connectivity index (χ1v) is 7.27. The molecule has 2 N–H and O–H groups in total. The van der Waals surface area contributed by atoms with E-state index >= 15 is 0 Å². The second-order valence-corrected chi connectivity index (χ2v) is 5.29. The molecule has 1 atom stereocenters. The van der Waals surface area contributed by atoms with Crippen LogP contribution < -0.4 is 10.6 Å². The average molecular weight is 320 g/mol. The number of nitrogens with zero attached hydrogens (tertiary/aromatic N) is 3. The van der Waals surface area contributed by atoms with Gasteiger partial charge in [-0.05, 0) is 12.1 Å². The zero-order valence-corrected chi connectivity index (χ0v) is 12.6. The van der Waals surface area contributed by atoms with Crippen molar-refractivity contribution in [3.8, 4) is 0 Å². The lowest BCUT2D eigenvalue weighted by Gasteiger charge is -2.10. The van der Waals surface area contributed by atoms with Gasteiger partial charge in [-0.2, -0.15) is 10.1 Å². The number of rotatable bonds is 4. The van der Waals surface area contributed by atoms with E-state index in [9.17, 15) is 9.59 Å². The van der Waals surface area contributed by atoms with Crippen molar-refractivity contribution in [2.45, 2.75) is 25.8 Å². The number of halogens is 1. The molecule has 1 aromatic heterocycles. The summed E-state index contributed by atoms with van der Waals surface area (Å²) in [6, 6.07) is 6.24. The SMILES string of the molecule is CCc1nc2n(n1)[C@@H](CC(=O)Nc1ccccc1Cl)C(=O)N2. The fraction of sp³-hybridized carbons (Fsp3) is 0.286. The van der Waals surface area contributed by atoms with Crippen LogP contribution >= 0.6 is 11.6 Å². The van der Waals surface area contributed by atoms with Crippen LogP contribution in [0.2, 0.25) is 5.02 Å². The zero-order valence-electron chi connectivity index (χ0n) is 11.8. The highest BCUT2D eigenvalue weighted by atomic mass is 35.5. The van der Waals surface area contributed by atoms with Gasteiger partial charge in [0.05, 0.1) is 17.1 Å². The summed E-state index contributed by atoms with van der Waals surface area (Å²) < 4.78 is 1.47. The third kappa shape index (κ3) is 2.67. The summed E-state index contributed by atoms with van der Waals surface area (Å²) in [5.74, 6) is 0.422. The third-order valence-corrected chi connectivity index (χ3v) is 3.68. The number of aromatic nitrogens is 3. The number of carbonyl (C=O) groups excluding carboxylic acids is 2. The Bertz CT molecular complexity index is 743. The molecule has 2 aromatic rings. The third-order valence-electron chi connectivity index (χ3n) is 3.35. The van der Waals surface area contributed by atoms with Crippen LogP contribution in [0.15, 0.2) is 24.3 Å². The number of amides is 2. The summed E-state index contributed by atoms with van der Waals surface area (Å²) in [7, 11) is 0. The monoisotopic (exact) mass is 319 g/mol. The molecule has 0 unspecified atom stereocenters. The van der Waals surface area contributed by atoms with Crippen LogP contribution in [0.5, 0.6) is 0 Å². The summed E-state index contributed by atoms with van der Waals surface area (Å²) in [6.07, 6.45) is 0.630. The molecule has 8 heteroatoms. The summed E-state index contributed by atoms with van der Waals surface area (Å²) in [5, 5.41) is 10.0. The predicted molar refractivity (Wildman–Crippen MR) is 81.8 cm³/mol. The second-order valence-electron chi connectivity index (χ2n) is 4.89. The van der Waals surface area contributed by atoms with E-state index < -0.39 is 6.04 Å². The van der Waals surface area contributed by atoms with E-state index in [1.165, 1.54) is 4.68 Å². The molecule has 0 radical (unpaired) electrons. The van der Waals surface area contributed by atoms with Gasteiger partial charge in [0, 0.05) is 6.42 Å². The number of hydrogen-bond acceptors (Lipinski definition) is 4. The Kier molecular flexibility index (Phi) is 3.81. The number of para-hydroxylation sites is 1. The number of benzene rings is 1. The maximum Gasteiger partial charge on any atom is 0.252 e. The number of nitrogens with one attached hydrogen (secondary N) is 2. The number of anilines is 2. The van der Waals surface area contributed by atoms with Crippen LogP contribution in [0.4, 0.5) is 11.6 Å². The molecule has 0 bridgehead atoms. The van der Waals surface area contributed by atoms with Crippen LogP contribution in [-0.2, 0) is 16.0 Å². The van der Waals surface area contributed by atoms with Gasteiger partial charge in [0.25, 0.3) is 5.91 Å². The van der Waals surface area contributed by atoms with Crippen molar-refractivity contribution >= 4 is 35.1 Å². The van der Waals surface area contributed by atoms with Crippen molar-refractivity contribution in [3.05, 3.63) is 35.1 Å². The summed E-state index contributed by atoms with van der Waals surface area (Å²) in [6.45, 7) is 1.92. The Labute approximate surface area is 131 Å². The summed E-state index contributed by atoms with van der Waals surface area (Å²) >= 11 is 6.00. The van der Waals surface area contributed by atoms with Gasteiger partial charge < -0.3 is 5.32 Å². The summed E-state index contributed by atoms with van der Waals surface area (Å²) in [5.41, 5.74) is 0.514. The Morgan fingerprint density at radius 1 is 1.45 bits per heavy atom. The number of fused-ring (bicyclic) bond motifs is 1. The molecule has 1 aliphatic rings. The van der Waals surface area contributed by atoms with E-state index in [-0.39, 0.29) is 18.2 Å². The lowest BCUT2D eigenvalue weighted by atomic mass is 10.2. The lowest BCUT2D eigenvalue weighted by Crippen LogP contribution is -2.24. The van der Waals surface area contributed by atoms with E-state index in [1.54, 1.807) is 24.3 Å². The molecule has 0 aliphatic carbocycles. The van der Waals surface area contributed by atoms with Gasteiger partial charge in [0.1, 0.15) is 6.04 Å². The van der Waals surface area contributed by atoms with Crippen LogP contribution in [0.1, 0.15) is 25.2 Å². The van der Waals surface area contributed by atoms with Crippen LogP contribution in [-0.4, -0.2) is 26.6 Å². The molecule has 1 aliphatic heterocycles. The van der Waals surface area contributed by atoms with Gasteiger partial charge >= 0.3 is 0 Å². The molecule has 0 fully saturated rings. The second kappa shape index (κ2) is 5.76. The Hall–Kier alpha value is -2.41. The predicted octanol–water partition coefficient (Wildman–Crippen LogP) is 2.02. The minimum atomic E-state index is -0.690. The molecular weight excluding hydrogens is 306 g/mol. The normalized spacial score (nSPS) is 16.3. The maximum absolute atomic E-state index is 12.1. The van der Waals surface area contributed by atoms with Gasteiger partial charge in [-0.25, -0.2) is 4.68 Å². The standard InChI is InChI=1S/C14H14ClN5O2/c1-2-11-17-14-18-13(22)10(20(14)19-11)7-12(21)16-9-6-4-3-5-8(9)15/h3-6,10H,2,7H2,1H3,(H,16,21)(H,17,18,19,22)/t10-/m0/s1. The largest absolute Gasteiger partial charge is 0.325 e. The molecule has 1 aromatic carbocycles. The molecule has 0 spiro atoms. The Morgan fingerprint density at radius 2 is 2.23 bits per heavy atom. The molecule has 7 nitrogen and oxygen atoms in total. The first kappa shape index (κ1) is 14.5. The highest BCUT2D eigenvalue weighted by molar-refractivity contribution is 6.33. The van der Waals surface area contributed by atoms with E-state index in [0.717, 1.165) is 0 Å². The fourth-order valence-corrected chi connectivity index (χ4v) is 2.43. The van der Waals surface area contributed by atoms with Crippen LogP contribution in [0.3, 0.4) is 0 Å². The molecular formula is C14H14ClN5O2. The Morgan fingerprint density at radius 3 is 2.95 bits per heavy atom. The van der Waals surface area contributed by atoms with Crippen LogP contribution in [0.25, 0.3) is 0 Å². The van der Waals surface area contributed by atoms with Crippen molar-refractivity contribution in [2.24, 2.45) is 0 Å². The quantitative estimate of drug-likeness (QED) is 0.902. The number of hydrogen-bond donors (Lipinski definition) is 2.